The molecule has 1 aliphatic rings. The van der Waals surface area contributed by atoms with Crippen LogP contribution in [0, 0.1) is 6.92 Å². The molecular weight excluding hydrogens is 146 g/mol. The molecule has 0 amide bonds. The number of hydrogen-bond acceptors (Lipinski definition) is 3. The van der Waals surface area contributed by atoms with Gasteiger partial charge in [0.15, 0.2) is 18.0 Å². The Morgan fingerprint density at radius 1 is 1.50 bits per heavy atom. The summed E-state index contributed by atoms with van der Waals surface area (Å²) < 4.78 is 8.19. The molecule has 0 bridgehead atoms. The van der Waals surface area contributed by atoms with E-state index in [0.717, 1.165) is 11.4 Å². The van der Waals surface area contributed by atoms with Gasteiger partial charge >= 0.3 is 0 Å². The van der Waals surface area contributed by atoms with E-state index in [1.165, 1.54) is 17.8 Å². The van der Waals surface area contributed by atoms with Crippen molar-refractivity contribution in [3.05, 3.63) is 23.8 Å². The molecule has 1 aromatic rings. The van der Waals surface area contributed by atoms with Crippen molar-refractivity contribution in [1.82, 2.24) is 0 Å². The SMILES string of the molecule is Cc1ccc2c(c1)NSO2. The van der Waals surface area contributed by atoms with Crippen LogP contribution in [0.25, 0.3) is 0 Å². The van der Waals surface area contributed by atoms with E-state index in [9.17, 15) is 0 Å². The van der Waals surface area contributed by atoms with Crippen LogP contribution >= 0.6 is 12.2 Å². The molecule has 52 valence electrons. The topological polar surface area (TPSA) is 21.3 Å². The zero-order valence-electron chi connectivity index (χ0n) is 5.55. The molecule has 0 fully saturated rings. The van der Waals surface area contributed by atoms with E-state index in [1.54, 1.807) is 0 Å². The van der Waals surface area contributed by atoms with Gasteiger partial charge in [0.2, 0.25) is 0 Å². The predicted octanol–water partition coefficient (Wildman–Crippen LogP) is 2.36. The molecule has 0 radical (unpaired) electrons. The minimum Gasteiger partial charge on any atom is -0.403 e. The third kappa shape index (κ3) is 0.827. The average molecular weight is 153 g/mol. The van der Waals surface area contributed by atoms with Gasteiger partial charge in [-0.15, -0.1) is 0 Å². The van der Waals surface area contributed by atoms with Gasteiger partial charge in [-0.05, 0) is 24.6 Å². The molecular formula is C7H7NOS. The first-order chi connectivity index (χ1) is 4.86. The molecule has 0 saturated carbocycles. The van der Waals surface area contributed by atoms with Crippen molar-refractivity contribution in [1.29, 1.82) is 0 Å². The van der Waals surface area contributed by atoms with Crippen molar-refractivity contribution in [3.8, 4) is 5.75 Å². The van der Waals surface area contributed by atoms with E-state index in [0.29, 0.717) is 0 Å². The van der Waals surface area contributed by atoms with E-state index in [2.05, 4.69) is 17.7 Å². The number of aryl methyl sites for hydroxylation is 1. The van der Waals surface area contributed by atoms with E-state index in [-0.39, 0.29) is 0 Å². The minimum atomic E-state index is 0.926. The summed E-state index contributed by atoms with van der Waals surface area (Å²) in [6.07, 6.45) is 0. The monoisotopic (exact) mass is 153 g/mol. The molecule has 0 unspecified atom stereocenters. The van der Waals surface area contributed by atoms with Crippen LogP contribution in [-0.4, -0.2) is 0 Å². The molecule has 0 saturated heterocycles. The Morgan fingerprint density at radius 3 is 3.30 bits per heavy atom. The lowest BCUT2D eigenvalue weighted by Gasteiger charge is -1.94. The number of hydrogen-bond donors (Lipinski definition) is 1. The van der Waals surface area contributed by atoms with Crippen molar-refractivity contribution < 1.29 is 4.18 Å². The maximum atomic E-state index is 5.16. The van der Waals surface area contributed by atoms with Crippen LogP contribution in [0.5, 0.6) is 5.75 Å². The van der Waals surface area contributed by atoms with Crippen molar-refractivity contribution in [2.45, 2.75) is 6.92 Å². The van der Waals surface area contributed by atoms with Gasteiger partial charge in [0, 0.05) is 0 Å². The highest BCUT2D eigenvalue weighted by Crippen LogP contribution is 2.35. The quantitative estimate of drug-likeness (QED) is 0.456. The number of fused-ring (bicyclic) bond motifs is 1. The smallest absolute Gasteiger partial charge is 0.176 e. The van der Waals surface area contributed by atoms with Gasteiger partial charge in [-0.3, -0.25) is 4.72 Å². The van der Waals surface area contributed by atoms with E-state index >= 15 is 0 Å². The zero-order chi connectivity index (χ0) is 6.97. The summed E-state index contributed by atoms with van der Waals surface area (Å²) in [5.41, 5.74) is 2.32. The Morgan fingerprint density at radius 2 is 2.40 bits per heavy atom. The van der Waals surface area contributed by atoms with E-state index < -0.39 is 0 Å². The summed E-state index contributed by atoms with van der Waals surface area (Å²) in [5, 5.41) is 0. The fourth-order valence-electron chi connectivity index (χ4n) is 0.907. The summed E-state index contributed by atoms with van der Waals surface area (Å²) in [6.45, 7) is 2.06. The highest BCUT2D eigenvalue weighted by Gasteiger charge is 2.10. The highest BCUT2D eigenvalue weighted by atomic mass is 32.2. The lowest BCUT2D eigenvalue weighted by molar-refractivity contribution is 0.665. The second-order valence-corrected chi connectivity index (χ2v) is 2.81. The second kappa shape index (κ2) is 2.09. The van der Waals surface area contributed by atoms with Crippen LogP contribution in [0.2, 0.25) is 0 Å². The number of rotatable bonds is 0. The van der Waals surface area contributed by atoms with Crippen LogP contribution in [0.3, 0.4) is 0 Å². The summed E-state index contributed by atoms with van der Waals surface area (Å²) in [7, 11) is 0. The van der Waals surface area contributed by atoms with Crippen LogP contribution in [0.15, 0.2) is 18.2 Å². The third-order valence-corrected chi connectivity index (χ3v) is 1.98. The first kappa shape index (κ1) is 5.92. The Bertz CT molecular complexity index is 262. The Balaban J connectivity index is 2.52. The summed E-state index contributed by atoms with van der Waals surface area (Å²) in [5.74, 6) is 0.926. The molecule has 1 aliphatic heterocycles. The summed E-state index contributed by atoms with van der Waals surface area (Å²) in [4.78, 5) is 0. The van der Waals surface area contributed by atoms with Gasteiger partial charge in [-0.2, -0.15) is 0 Å². The van der Waals surface area contributed by atoms with Crippen LogP contribution in [0.4, 0.5) is 5.69 Å². The van der Waals surface area contributed by atoms with E-state index in [1.807, 2.05) is 12.1 Å². The van der Waals surface area contributed by atoms with Gasteiger partial charge in [0.25, 0.3) is 0 Å². The van der Waals surface area contributed by atoms with Gasteiger partial charge in [-0.1, -0.05) is 6.07 Å². The molecule has 0 aliphatic carbocycles. The maximum absolute atomic E-state index is 5.16. The first-order valence-electron chi connectivity index (χ1n) is 3.06. The molecule has 0 aromatic heterocycles. The molecule has 10 heavy (non-hydrogen) atoms. The number of anilines is 1. The summed E-state index contributed by atoms with van der Waals surface area (Å²) >= 11 is 1.26. The lowest BCUT2D eigenvalue weighted by atomic mass is 10.2. The number of benzene rings is 1. The fraction of sp³-hybridized carbons (Fsp3) is 0.143. The molecule has 3 heteroatoms. The summed E-state index contributed by atoms with van der Waals surface area (Å²) in [6, 6.07) is 6.07. The molecule has 1 heterocycles. The molecule has 2 rings (SSSR count). The zero-order valence-corrected chi connectivity index (χ0v) is 6.37. The third-order valence-electron chi connectivity index (χ3n) is 1.42. The Labute approximate surface area is 63.9 Å². The maximum Gasteiger partial charge on any atom is 0.176 e. The van der Waals surface area contributed by atoms with Crippen LogP contribution in [-0.2, 0) is 0 Å². The second-order valence-electron chi connectivity index (χ2n) is 2.27. The van der Waals surface area contributed by atoms with Crippen LogP contribution < -0.4 is 8.91 Å². The standard InChI is InChI=1S/C7H7NOS/c1-5-2-3-7-6(4-5)8-10-9-7/h2-4,8H,1H3. The largest absolute Gasteiger partial charge is 0.403 e. The molecule has 0 spiro atoms. The van der Waals surface area contributed by atoms with Gasteiger partial charge in [-0.25, -0.2) is 0 Å². The first-order valence-corrected chi connectivity index (χ1v) is 3.80. The fourth-order valence-corrected chi connectivity index (χ4v) is 1.43. The van der Waals surface area contributed by atoms with Crippen molar-refractivity contribution in [2.24, 2.45) is 0 Å². The minimum absolute atomic E-state index is 0.926. The lowest BCUT2D eigenvalue weighted by Crippen LogP contribution is -1.76. The van der Waals surface area contributed by atoms with Gasteiger partial charge in [0.05, 0.1) is 5.69 Å². The average Bonchev–Trinajstić information content (AvgIpc) is 2.33. The highest BCUT2D eigenvalue weighted by molar-refractivity contribution is 7.96. The predicted molar refractivity (Wildman–Crippen MR) is 43.0 cm³/mol. The number of nitrogens with one attached hydrogen (secondary N) is 1. The molecule has 2 nitrogen and oxygen atoms in total. The Hall–Kier alpha value is -0.830. The Kier molecular flexibility index (Phi) is 1.24. The van der Waals surface area contributed by atoms with Crippen molar-refractivity contribution in [3.63, 3.8) is 0 Å². The molecule has 0 atom stereocenters. The van der Waals surface area contributed by atoms with Gasteiger partial charge < -0.3 is 4.18 Å². The van der Waals surface area contributed by atoms with Crippen LogP contribution in [0.1, 0.15) is 5.56 Å². The van der Waals surface area contributed by atoms with E-state index in [4.69, 9.17) is 4.18 Å². The van der Waals surface area contributed by atoms with Crippen molar-refractivity contribution >= 4 is 17.9 Å². The molecule has 1 aromatic carbocycles. The molecule has 1 N–H and O–H groups in total. The normalized spacial score (nSPS) is 13.7. The van der Waals surface area contributed by atoms with Gasteiger partial charge in [0.1, 0.15) is 0 Å². The van der Waals surface area contributed by atoms with Crippen molar-refractivity contribution in [2.75, 3.05) is 4.72 Å².